The van der Waals surface area contributed by atoms with Gasteiger partial charge in [-0.25, -0.2) is 14.2 Å². The van der Waals surface area contributed by atoms with Gasteiger partial charge in [-0.15, -0.1) is 0 Å². The number of benzene rings is 1. The van der Waals surface area contributed by atoms with E-state index in [1.807, 2.05) is 0 Å². The molecule has 4 nitrogen and oxygen atoms in total. The molecule has 0 saturated heterocycles. The molecule has 1 N–H and O–H groups in total. The first-order chi connectivity index (χ1) is 7.11. The van der Waals surface area contributed by atoms with E-state index in [1.54, 1.807) is 0 Å². The second-order valence-electron chi connectivity index (χ2n) is 2.86. The van der Waals surface area contributed by atoms with E-state index in [1.165, 1.54) is 13.2 Å². The quantitative estimate of drug-likeness (QED) is 0.761. The molecule has 0 fully saturated rings. The lowest BCUT2D eigenvalue weighted by Crippen LogP contribution is -2.02. The summed E-state index contributed by atoms with van der Waals surface area (Å²) >= 11 is 5.75. The highest BCUT2D eigenvalue weighted by molar-refractivity contribution is 6.35. The number of nitrogens with zero attached hydrogens (tertiary/aromatic N) is 1. The monoisotopic (exact) mass is 228 g/mol. The first-order valence-electron chi connectivity index (χ1n) is 4.05. The van der Waals surface area contributed by atoms with Gasteiger partial charge in [0, 0.05) is 0 Å². The van der Waals surface area contributed by atoms with E-state index in [-0.39, 0.29) is 10.8 Å². The molecule has 0 aliphatic rings. The smallest absolute Gasteiger partial charge is 0.374 e. The van der Waals surface area contributed by atoms with Gasteiger partial charge in [0.2, 0.25) is 5.82 Å². The number of aromatic nitrogens is 2. The third kappa shape index (κ3) is 1.66. The molecule has 0 radical (unpaired) electrons. The molecular formula is C9H6ClFN2O2. The maximum absolute atomic E-state index is 12.9. The minimum absolute atomic E-state index is 0.000000000000000222. The highest BCUT2D eigenvalue weighted by atomic mass is 35.5. The van der Waals surface area contributed by atoms with Crippen LogP contribution in [-0.4, -0.2) is 23.0 Å². The van der Waals surface area contributed by atoms with Gasteiger partial charge in [0.15, 0.2) is 0 Å². The molecule has 0 saturated carbocycles. The van der Waals surface area contributed by atoms with Crippen molar-refractivity contribution in [2.75, 3.05) is 7.11 Å². The Labute approximate surface area is 89.0 Å². The van der Waals surface area contributed by atoms with Crippen LogP contribution in [0.5, 0.6) is 0 Å². The SMILES string of the molecule is COC(=O)c1nc2c(Cl)cc(F)cc2[nH]1. The summed E-state index contributed by atoms with van der Waals surface area (Å²) < 4.78 is 17.4. The molecule has 0 unspecified atom stereocenters. The van der Waals surface area contributed by atoms with Crippen LogP contribution in [0.1, 0.15) is 10.6 Å². The Kier molecular flexibility index (Phi) is 2.32. The van der Waals surface area contributed by atoms with E-state index in [0.29, 0.717) is 11.0 Å². The molecular weight excluding hydrogens is 223 g/mol. The van der Waals surface area contributed by atoms with Gasteiger partial charge >= 0.3 is 5.97 Å². The van der Waals surface area contributed by atoms with Crippen LogP contribution in [-0.2, 0) is 4.74 Å². The number of fused-ring (bicyclic) bond motifs is 1. The van der Waals surface area contributed by atoms with Crippen molar-refractivity contribution in [3.05, 3.63) is 28.8 Å². The van der Waals surface area contributed by atoms with E-state index in [4.69, 9.17) is 11.6 Å². The van der Waals surface area contributed by atoms with Crippen LogP contribution < -0.4 is 0 Å². The number of imidazole rings is 1. The number of halogens is 2. The number of esters is 1. The molecule has 2 rings (SSSR count). The second kappa shape index (κ2) is 3.51. The van der Waals surface area contributed by atoms with Crippen molar-refractivity contribution in [3.8, 4) is 0 Å². The van der Waals surface area contributed by atoms with Gasteiger partial charge in [-0.05, 0) is 12.1 Å². The topological polar surface area (TPSA) is 55.0 Å². The molecule has 2 aromatic rings. The summed E-state index contributed by atoms with van der Waals surface area (Å²) in [5.74, 6) is -1.12. The lowest BCUT2D eigenvalue weighted by atomic mass is 10.3. The Morgan fingerprint density at radius 1 is 1.60 bits per heavy atom. The second-order valence-corrected chi connectivity index (χ2v) is 3.27. The number of rotatable bonds is 1. The van der Waals surface area contributed by atoms with Crippen molar-refractivity contribution in [3.63, 3.8) is 0 Å². The summed E-state index contributed by atoms with van der Waals surface area (Å²) in [7, 11) is 1.23. The Balaban J connectivity index is 2.65. The maximum Gasteiger partial charge on any atom is 0.374 e. The van der Waals surface area contributed by atoms with Crippen LogP contribution in [0.25, 0.3) is 11.0 Å². The van der Waals surface area contributed by atoms with Gasteiger partial charge in [0.25, 0.3) is 0 Å². The number of carbonyl (C=O) groups excluding carboxylic acids is 1. The molecule has 78 valence electrons. The van der Waals surface area contributed by atoms with Gasteiger partial charge in [0.1, 0.15) is 11.3 Å². The highest BCUT2D eigenvalue weighted by Gasteiger charge is 2.14. The molecule has 1 heterocycles. The third-order valence-electron chi connectivity index (χ3n) is 1.88. The molecule has 1 aromatic heterocycles. The van der Waals surface area contributed by atoms with E-state index >= 15 is 0 Å². The van der Waals surface area contributed by atoms with Crippen LogP contribution in [0.15, 0.2) is 12.1 Å². The lowest BCUT2D eigenvalue weighted by Gasteiger charge is -1.91. The van der Waals surface area contributed by atoms with Crippen molar-refractivity contribution in [1.29, 1.82) is 0 Å². The normalized spacial score (nSPS) is 10.6. The van der Waals surface area contributed by atoms with Gasteiger partial charge in [0.05, 0.1) is 17.6 Å². The number of nitrogens with one attached hydrogen (secondary N) is 1. The third-order valence-corrected chi connectivity index (χ3v) is 2.17. The van der Waals surface area contributed by atoms with E-state index in [0.717, 1.165) is 6.07 Å². The van der Waals surface area contributed by atoms with E-state index < -0.39 is 11.8 Å². The summed E-state index contributed by atoms with van der Waals surface area (Å²) in [5.41, 5.74) is 0.707. The largest absolute Gasteiger partial charge is 0.463 e. The number of aromatic amines is 1. The fourth-order valence-corrected chi connectivity index (χ4v) is 1.48. The number of hydrogen-bond donors (Lipinski definition) is 1. The van der Waals surface area contributed by atoms with Crippen molar-refractivity contribution in [2.45, 2.75) is 0 Å². The first-order valence-corrected chi connectivity index (χ1v) is 4.42. The number of hydrogen-bond acceptors (Lipinski definition) is 3. The van der Waals surface area contributed by atoms with E-state index in [9.17, 15) is 9.18 Å². The molecule has 0 spiro atoms. The predicted octanol–water partition coefficient (Wildman–Crippen LogP) is 2.14. The Bertz CT molecular complexity index is 538. The molecule has 0 amide bonds. The molecule has 6 heteroatoms. The first kappa shape index (κ1) is 9.92. The Hall–Kier alpha value is -1.62. The average Bonchev–Trinajstić information content (AvgIpc) is 2.60. The van der Waals surface area contributed by atoms with Crippen LogP contribution in [0, 0.1) is 5.82 Å². The fourth-order valence-electron chi connectivity index (χ4n) is 1.24. The molecule has 0 atom stereocenters. The maximum atomic E-state index is 12.9. The van der Waals surface area contributed by atoms with Crippen molar-refractivity contribution < 1.29 is 13.9 Å². The molecule has 0 bridgehead atoms. The van der Waals surface area contributed by atoms with Crippen LogP contribution in [0.2, 0.25) is 5.02 Å². The van der Waals surface area contributed by atoms with Gasteiger partial charge < -0.3 is 9.72 Å². The van der Waals surface area contributed by atoms with Gasteiger partial charge in [-0.3, -0.25) is 0 Å². The number of carbonyl (C=O) groups is 1. The van der Waals surface area contributed by atoms with Gasteiger partial charge in [-0.2, -0.15) is 0 Å². The Morgan fingerprint density at radius 3 is 3.00 bits per heavy atom. The molecule has 0 aliphatic heterocycles. The van der Waals surface area contributed by atoms with Crippen LogP contribution in [0.4, 0.5) is 4.39 Å². The highest BCUT2D eigenvalue weighted by Crippen LogP contribution is 2.22. The summed E-state index contributed by atoms with van der Waals surface area (Å²) in [6.45, 7) is 0. The zero-order chi connectivity index (χ0) is 11.0. The summed E-state index contributed by atoms with van der Waals surface area (Å²) in [6, 6.07) is 2.34. The number of H-pyrrole nitrogens is 1. The minimum Gasteiger partial charge on any atom is -0.463 e. The van der Waals surface area contributed by atoms with Crippen LogP contribution in [0.3, 0.4) is 0 Å². The zero-order valence-corrected chi connectivity index (χ0v) is 8.43. The molecule has 15 heavy (non-hydrogen) atoms. The van der Waals surface area contributed by atoms with E-state index in [2.05, 4.69) is 14.7 Å². The molecule has 0 aliphatic carbocycles. The van der Waals surface area contributed by atoms with Crippen molar-refractivity contribution >= 4 is 28.6 Å². The summed E-state index contributed by atoms with van der Waals surface area (Å²) in [4.78, 5) is 17.6. The zero-order valence-electron chi connectivity index (χ0n) is 7.67. The van der Waals surface area contributed by atoms with Crippen molar-refractivity contribution in [1.82, 2.24) is 9.97 Å². The number of methoxy groups -OCH3 is 1. The summed E-state index contributed by atoms with van der Waals surface area (Å²) in [6.07, 6.45) is 0. The van der Waals surface area contributed by atoms with Crippen LogP contribution >= 0.6 is 11.6 Å². The average molecular weight is 229 g/mol. The standard InChI is InChI=1S/C9H6ClFN2O2/c1-15-9(14)8-12-6-3-4(11)2-5(10)7(6)13-8/h2-3H,1H3,(H,12,13). The van der Waals surface area contributed by atoms with Crippen molar-refractivity contribution in [2.24, 2.45) is 0 Å². The lowest BCUT2D eigenvalue weighted by molar-refractivity contribution is 0.0588. The fraction of sp³-hybridized carbons (Fsp3) is 0.111. The summed E-state index contributed by atoms with van der Waals surface area (Å²) in [5, 5.41) is 0.149. The minimum atomic E-state index is -0.623. The molecule has 1 aromatic carbocycles. The predicted molar refractivity (Wildman–Crippen MR) is 52.4 cm³/mol. The van der Waals surface area contributed by atoms with Gasteiger partial charge in [-0.1, -0.05) is 11.6 Å². The number of ether oxygens (including phenoxy) is 1. The Morgan fingerprint density at radius 2 is 2.33 bits per heavy atom.